The molecule has 3 aromatic rings. The van der Waals surface area contributed by atoms with Crippen LogP contribution in [0.4, 0.5) is 5.69 Å². The van der Waals surface area contributed by atoms with Crippen molar-refractivity contribution in [3.05, 3.63) is 81.8 Å². The number of nitrogens with one attached hydrogen (secondary N) is 1. The van der Waals surface area contributed by atoms with Crippen LogP contribution in [0.15, 0.2) is 66.7 Å². The minimum Gasteiger partial charge on any atom is -0.479 e. The zero-order valence-corrected chi connectivity index (χ0v) is 17.1. The van der Waals surface area contributed by atoms with Crippen LogP contribution in [0.1, 0.15) is 6.92 Å². The molecule has 3 aromatic carbocycles. The van der Waals surface area contributed by atoms with Crippen molar-refractivity contribution in [1.82, 2.24) is 0 Å². The lowest BCUT2D eigenvalue weighted by molar-refractivity contribution is -0.122. The molecule has 144 valence electrons. The number of benzene rings is 3. The molecule has 4 nitrogen and oxygen atoms in total. The molecule has 1 N–H and O–H groups in total. The van der Waals surface area contributed by atoms with Gasteiger partial charge in [-0.15, -0.1) is 0 Å². The molecular formula is C21H16Cl3NO3. The van der Waals surface area contributed by atoms with Gasteiger partial charge in [-0.25, -0.2) is 0 Å². The van der Waals surface area contributed by atoms with Crippen molar-refractivity contribution in [3.8, 4) is 17.2 Å². The fourth-order valence-corrected chi connectivity index (χ4v) is 2.88. The summed E-state index contributed by atoms with van der Waals surface area (Å²) in [6.45, 7) is 1.64. The largest absolute Gasteiger partial charge is 0.479 e. The monoisotopic (exact) mass is 435 g/mol. The van der Waals surface area contributed by atoms with Crippen LogP contribution in [0.3, 0.4) is 0 Å². The van der Waals surface area contributed by atoms with Gasteiger partial charge in [-0.1, -0.05) is 34.8 Å². The molecule has 1 atom stereocenters. The smallest absolute Gasteiger partial charge is 0.265 e. The Morgan fingerprint density at radius 2 is 1.43 bits per heavy atom. The lowest BCUT2D eigenvalue weighted by atomic mass is 10.2. The Hall–Kier alpha value is -2.40. The number of hydrogen-bond acceptors (Lipinski definition) is 3. The third-order valence-corrected chi connectivity index (χ3v) is 4.52. The minimum atomic E-state index is -0.747. The third-order valence-electron chi connectivity index (χ3n) is 3.74. The second-order valence-electron chi connectivity index (χ2n) is 5.90. The van der Waals surface area contributed by atoms with E-state index in [9.17, 15) is 4.79 Å². The molecule has 0 aromatic heterocycles. The summed E-state index contributed by atoms with van der Waals surface area (Å²) >= 11 is 17.8. The number of carbonyl (C=O) groups is 1. The maximum atomic E-state index is 12.4. The molecule has 0 saturated carbocycles. The van der Waals surface area contributed by atoms with Crippen molar-refractivity contribution in [1.29, 1.82) is 0 Å². The van der Waals surface area contributed by atoms with Crippen LogP contribution >= 0.6 is 34.8 Å². The van der Waals surface area contributed by atoms with Gasteiger partial charge in [-0.2, -0.15) is 0 Å². The molecule has 3 rings (SSSR count). The molecule has 0 aliphatic heterocycles. The van der Waals surface area contributed by atoms with E-state index in [4.69, 9.17) is 44.3 Å². The summed E-state index contributed by atoms with van der Waals surface area (Å²) < 4.78 is 11.3. The van der Waals surface area contributed by atoms with Gasteiger partial charge >= 0.3 is 0 Å². The summed E-state index contributed by atoms with van der Waals surface area (Å²) in [6.07, 6.45) is -0.747. The van der Waals surface area contributed by atoms with Gasteiger partial charge in [-0.05, 0) is 73.7 Å². The summed E-state index contributed by atoms with van der Waals surface area (Å²) in [4.78, 5) is 12.4. The molecule has 0 radical (unpaired) electrons. The Bertz CT molecular complexity index is 960. The maximum absolute atomic E-state index is 12.4. The predicted molar refractivity (Wildman–Crippen MR) is 113 cm³/mol. The first-order valence-corrected chi connectivity index (χ1v) is 9.50. The third kappa shape index (κ3) is 5.55. The number of carbonyl (C=O) groups excluding carboxylic acids is 1. The van der Waals surface area contributed by atoms with Crippen LogP contribution in [0, 0.1) is 0 Å². The fraction of sp³-hybridized carbons (Fsp3) is 0.0952. The average molecular weight is 437 g/mol. The molecule has 0 bridgehead atoms. The maximum Gasteiger partial charge on any atom is 0.265 e. The van der Waals surface area contributed by atoms with Crippen LogP contribution in [0.25, 0.3) is 0 Å². The number of halogens is 3. The number of anilines is 1. The molecule has 1 amide bonds. The standard InChI is InChI=1S/C21H16Cl3NO3/c1-13(27-20-11-4-15(23)12-19(20)24)21(26)25-16-5-9-18(10-6-16)28-17-7-2-14(22)3-8-17/h2-13H,1H3,(H,25,26)/t13-/m1/s1. The fourth-order valence-electron chi connectivity index (χ4n) is 2.30. The highest BCUT2D eigenvalue weighted by atomic mass is 35.5. The predicted octanol–water partition coefficient (Wildman–Crippen LogP) is 6.85. The van der Waals surface area contributed by atoms with Gasteiger partial charge < -0.3 is 14.8 Å². The minimum absolute atomic E-state index is 0.308. The van der Waals surface area contributed by atoms with Crippen molar-refractivity contribution < 1.29 is 14.3 Å². The summed E-state index contributed by atoms with van der Waals surface area (Å²) in [5, 5.41) is 4.26. The normalized spacial score (nSPS) is 11.6. The van der Waals surface area contributed by atoms with Gasteiger partial charge in [0.1, 0.15) is 17.2 Å². The SMILES string of the molecule is C[C@@H](Oc1ccc(Cl)cc1Cl)C(=O)Nc1ccc(Oc2ccc(Cl)cc2)cc1. The molecule has 0 aliphatic carbocycles. The van der Waals surface area contributed by atoms with Crippen LogP contribution in [-0.4, -0.2) is 12.0 Å². The molecule has 0 spiro atoms. The zero-order chi connectivity index (χ0) is 20.1. The van der Waals surface area contributed by atoms with Crippen LogP contribution in [0.5, 0.6) is 17.2 Å². The van der Waals surface area contributed by atoms with Crippen LogP contribution in [-0.2, 0) is 4.79 Å². The van der Waals surface area contributed by atoms with E-state index in [-0.39, 0.29) is 5.91 Å². The van der Waals surface area contributed by atoms with E-state index >= 15 is 0 Å². The number of amides is 1. The highest BCUT2D eigenvalue weighted by molar-refractivity contribution is 6.35. The van der Waals surface area contributed by atoms with Crippen molar-refractivity contribution in [2.45, 2.75) is 13.0 Å². The molecule has 0 saturated heterocycles. The Morgan fingerprint density at radius 3 is 2.04 bits per heavy atom. The zero-order valence-electron chi connectivity index (χ0n) is 14.8. The van der Waals surface area contributed by atoms with Gasteiger partial charge in [0.2, 0.25) is 0 Å². The second-order valence-corrected chi connectivity index (χ2v) is 7.18. The molecule has 7 heteroatoms. The Kier molecular flexibility index (Phi) is 6.68. The molecule has 0 aliphatic rings. The Balaban J connectivity index is 1.58. The number of ether oxygens (including phenoxy) is 2. The van der Waals surface area contributed by atoms with Gasteiger partial charge in [-0.3, -0.25) is 4.79 Å². The number of rotatable bonds is 6. The van der Waals surface area contributed by atoms with E-state index in [1.807, 2.05) is 0 Å². The van der Waals surface area contributed by atoms with Crippen molar-refractivity contribution in [2.24, 2.45) is 0 Å². The first-order valence-electron chi connectivity index (χ1n) is 8.37. The first kappa shape index (κ1) is 20.3. The van der Waals surface area contributed by atoms with Gasteiger partial charge in [0, 0.05) is 15.7 Å². The van der Waals surface area contributed by atoms with E-state index < -0.39 is 6.10 Å². The molecule has 28 heavy (non-hydrogen) atoms. The molecule has 0 fully saturated rings. The van der Waals surface area contributed by atoms with Crippen molar-refractivity contribution in [3.63, 3.8) is 0 Å². The lowest BCUT2D eigenvalue weighted by Gasteiger charge is -2.16. The quantitative estimate of drug-likeness (QED) is 0.460. The Morgan fingerprint density at radius 1 is 0.857 bits per heavy atom. The highest BCUT2D eigenvalue weighted by Crippen LogP contribution is 2.29. The van der Waals surface area contributed by atoms with E-state index in [1.54, 1.807) is 73.7 Å². The molecule has 0 unspecified atom stereocenters. The second kappa shape index (κ2) is 9.20. The summed E-state index contributed by atoms with van der Waals surface area (Å²) in [5.74, 6) is 1.39. The van der Waals surface area contributed by atoms with Gasteiger partial charge in [0.15, 0.2) is 6.10 Å². The first-order chi connectivity index (χ1) is 13.4. The van der Waals surface area contributed by atoms with Crippen molar-refractivity contribution in [2.75, 3.05) is 5.32 Å². The summed E-state index contributed by atoms with van der Waals surface area (Å²) in [5.41, 5.74) is 0.617. The average Bonchev–Trinajstić information content (AvgIpc) is 2.67. The van der Waals surface area contributed by atoms with Crippen LogP contribution < -0.4 is 14.8 Å². The van der Waals surface area contributed by atoms with E-state index in [2.05, 4.69) is 5.32 Å². The van der Waals surface area contributed by atoms with E-state index in [1.165, 1.54) is 0 Å². The summed E-state index contributed by atoms with van der Waals surface area (Å²) in [6, 6.07) is 18.9. The molecule has 0 heterocycles. The van der Waals surface area contributed by atoms with E-state index in [0.29, 0.717) is 38.0 Å². The van der Waals surface area contributed by atoms with Crippen molar-refractivity contribution >= 4 is 46.4 Å². The Labute approximate surface area is 177 Å². The van der Waals surface area contributed by atoms with E-state index in [0.717, 1.165) is 0 Å². The van der Waals surface area contributed by atoms with Gasteiger partial charge in [0.25, 0.3) is 5.91 Å². The number of hydrogen-bond donors (Lipinski definition) is 1. The van der Waals surface area contributed by atoms with Gasteiger partial charge in [0.05, 0.1) is 5.02 Å². The molecular weight excluding hydrogens is 421 g/mol. The topological polar surface area (TPSA) is 47.6 Å². The summed E-state index contributed by atoms with van der Waals surface area (Å²) in [7, 11) is 0. The van der Waals surface area contributed by atoms with Crippen LogP contribution in [0.2, 0.25) is 15.1 Å². The lowest BCUT2D eigenvalue weighted by Crippen LogP contribution is -2.30. The highest BCUT2D eigenvalue weighted by Gasteiger charge is 2.16.